The lowest BCUT2D eigenvalue weighted by atomic mass is 9.88. The second-order valence-electron chi connectivity index (χ2n) is 8.99. The van der Waals surface area contributed by atoms with Crippen LogP contribution in [0, 0.1) is 5.82 Å². The van der Waals surface area contributed by atoms with Crippen molar-refractivity contribution in [3.05, 3.63) is 126 Å². The molecule has 5 aromatic rings. The second kappa shape index (κ2) is 9.30. The summed E-state index contributed by atoms with van der Waals surface area (Å²) in [7, 11) is 0. The number of pyridine rings is 1. The van der Waals surface area contributed by atoms with Crippen LogP contribution < -0.4 is 10.1 Å². The number of aromatic nitrogens is 2. The van der Waals surface area contributed by atoms with Crippen molar-refractivity contribution in [2.45, 2.75) is 25.5 Å². The molecule has 2 aromatic heterocycles. The van der Waals surface area contributed by atoms with E-state index >= 15 is 0 Å². The van der Waals surface area contributed by atoms with Crippen LogP contribution in [0.25, 0.3) is 10.9 Å². The number of carbonyl (C=O) groups is 1. The zero-order valence-electron chi connectivity index (χ0n) is 19.5. The Bertz CT molecular complexity index is 1560. The zero-order chi connectivity index (χ0) is 24.5. The van der Waals surface area contributed by atoms with Gasteiger partial charge in [-0.1, -0.05) is 42.5 Å². The first-order valence-corrected chi connectivity index (χ1v) is 11.9. The first-order chi connectivity index (χ1) is 17.7. The lowest BCUT2D eigenvalue weighted by Gasteiger charge is -2.19. The van der Waals surface area contributed by atoms with Crippen LogP contribution in [0.1, 0.15) is 34.7 Å². The molecular formula is C30H24FN3O2. The number of carbonyl (C=O) groups excluding carboxylic acids is 1. The molecule has 3 aromatic carbocycles. The highest BCUT2D eigenvalue weighted by Crippen LogP contribution is 2.43. The topological polar surface area (TPSA) is 56.1 Å². The predicted octanol–water partition coefficient (Wildman–Crippen LogP) is 6.28. The molecule has 0 saturated carbocycles. The maximum atomic E-state index is 13.9. The van der Waals surface area contributed by atoms with Gasteiger partial charge in [0.25, 0.3) is 0 Å². The molecule has 1 aliphatic rings. The monoisotopic (exact) mass is 477 g/mol. The van der Waals surface area contributed by atoms with Gasteiger partial charge >= 0.3 is 0 Å². The third-order valence-electron chi connectivity index (χ3n) is 6.61. The highest BCUT2D eigenvalue weighted by atomic mass is 19.1. The minimum absolute atomic E-state index is 0.0418. The minimum Gasteiger partial charge on any atom is -0.487 e. The smallest absolute Gasteiger partial charge is 0.225 e. The van der Waals surface area contributed by atoms with Gasteiger partial charge in [-0.2, -0.15) is 0 Å². The summed E-state index contributed by atoms with van der Waals surface area (Å²) in [4.78, 5) is 17.3. The van der Waals surface area contributed by atoms with Gasteiger partial charge in [0.15, 0.2) is 0 Å². The molecule has 0 saturated heterocycles. The number of ether oxygens (including phenoxy) is 1. The van der Waals surface area contributed by atoms with Gasteiger partial charge < -0.3 is 14.6 Å². The van der Waals surface area contributed by atoms with Gasteiger partial charge in [0.1, 0.15) is 18.2 Å². The van der Waals surface area contributed by atoms with Gasteiger partial charge in [-0.25, -0.2) is 4.39 Å². The number of halogens is 1. The third kappa shape index (κ3) is 4.22. The number of amides is 1. The Kier molecular flexibility index (Phi) is 5.70. The van der Waals surface area contributed by atoms with Crippen molar-refractivity contribution >= 4 is 22.5 Å². The van der Waals surface area contributed by atoms with E-state index < -0.39 is 0 Å². The average molecular weight is 478 g/mol. The lowest BCUT2D eigenvalue weighted by molar-refractivity contribution is -0.116. The summed E-state index contributed by atoms with van der Waals surface area (Å²) in [5.41, 5.74) is 5.49. The van der Waals surface area contributed by atoms with E-state index in [1.165, 1.54) is 6.07 Å². The number of hydrogen-bond acceptors (Lipinski definition) is 3. The fraction of sp³-hybridized carbons (Fsp3) is 0.133. The van der Waals surface area contributed by atoms with Gasteiger partial charge in [-0.05, 0) is 53.6 Å². The summed E-state index contributed by atoms with van der Waals surface area (Å²) in [5.74, 6) is 0.228. The molecular weight excluding hydrogens is 453 g/mol. The molecule has 0 unspecified atom stereocenters. The van der Waals surface area contributed by atoms with E-state index in [1.807, 2.05) is 66.7 Å². The molecule has 6 rings (SSSR count). The molecule has 36 heavy (non-hydrogen) atoms. The largest absolute Gasteiger partial charge is 0.487 e. The van der Waals surface area contributed by atoms with Crippen LogP contribution >= 0.6 is 0 Å². The van der Waals surface area contributed by atoms with E-state index in [0.717, 1.165) is 44.7 Å². The predicted molar refractivity (Wildman–Crippen MR) is 138 cm³/mol. The van der Waals surface area contributed by atoms with E-state index in [-0.39, 0.29) is 24.1 Å². The highest BCUT2D eigenvalue weighted by Gasteiger charge is 2.29. The van der Waals surface area contributed by atoms with Crippen LogP contribution in [0.2, 0.25) is 0 Å². The van der Waals surface area contributed by atoms with Crippen molar-refractivity contribution in [1.29, 1.82) is 0 Å². The van der Waals surface area contributed by atoms with Gasteiger partial charge in [-0.15, -0.1) is 0 Å². The molecule has 5 nitrogen and oxygen atoms in total. The van der Waals surface area contributed by atoms with Gasteiger partial charge in [0.2, 0.25) is 5.91 Å². The van der Waals surface area contributed by atoms with E-state index in [0.29, 0.717) is 13.2 Å². The van der Waals surface area contributed by atoms with E-state index in [1.54, 1.807) is 18.3 Å². The molecule has 1 aliphatic heterocycles. The van der Waals surface area contributed by atoms with E-state index in [4.69, 9.17) is 4.74 Å². The summed E-state index contributed by atoms with van der Waals surface area (Å²) in [5, 5.41) is 4.09. The van der Waals surface area contributed by atoms with Crippen molar-refractivity contribution in [3.8, 4) is 5.75 Å². The van der Waals surface area contributed by atoms with E-state index in [2.05, 4.69) is 21.1 Å². The lowest BCUT2D eigenvalue weighted by Crippen LogP contribution is -2.14. The second-order valence-corrected chi connectivity index (χ2v) is 8.99. The summed E-state index contributed by atoms with van der Waals surface area (Å²) < 4.78 is 22.2. The molecule has 0 radical (unpaired) electrons. The maximum Gasteiger partial charge on any atom is 0.225 e. The number of hydrogen-bond donors (Lipinski definition) is 1. The van der Waals surface area contributed by atoms with E-state index in [9.17, 15) is 9.18 Å². The van der Waals surface area contributed by atoms with Crippen molar-refractivity contribution in [1.82, 2.24) is 9.55 Å². The standard InChI is InChI=1S/C30H24FN3O2/c31-21-8-5-7-20(15-21)17-34-18-25-24(16-29(35)33-26-11-6-12-27(34)30(25)26)23-10-1-2-13-28(23)36-19-22-9-3-4-14-32-22/h1-15,18,24H,16-17,19H2,(H,33,35)/t24-/m0/s1. The van der Waals surface area contributed by atoms with Gasteiger partial charge in [0, 0.05) is 42.2 Å². The molecule has 6 heteroatoms. The summed E-state index contributed by atoms with van der Waals surface area (Å²) in [6, 6.07) is 26.2. The molecule has 3 heterocycles. The number of nitrogens with one attached hydrogen (secondary N) is 1. The zero-order valence-corrected chi connectivity index (χ0v) is 19.5. The normalized spacial score (nSPS) is 14.9. The van der Waals surface area contributed by atoms with Crippen LogP contribution in [0.15, 0.2) is 97.3 Å². The number of rotatable bonds is 6. The number of para-hydroxylation sites is 1. The summed E-state index contributed by atoms with van der Waals surface area (Å²) in [6.45, 7) is 0.861. The fourth-order valence-corrected chi connectivity index (χ4v) is 5.03. The third-order valence-corrected chi connectivity index (χ3v) is 6.61. The Morgan fingerprint density at radius 2 is 1.83 bits per heavy atom. The van der Waals surface area contributed by atoms with Crippen LogP contribution in [0.4, 0.5) is 10.1 Å². The Morgan fingerprint density at radius 3 is 2.69 bits per heavy atom. The van der Waals surface area contributed by atoms with Crippen LogP contribution in [-0.2, 0) is 17.9 Å². The number of benzene rings is 3. The SMILES string of the molecule is O=C1C[C@@H](c2ccccc2OCc2ccccn2)c2cn(Cc3cccc(F)c3)c3cccc(c23)N1. The summed E-state index contributed by atoms with van der Waals surface area (Å²) in [6.07, 6.45) is 4.13. The molecule has 1 atom stereocenters. The Labute approximate surface area is 208 Å². The molecule has 0 spiro atoms. The summed E-state index contributed by atoms with van der Waals surface area (Å²) >= 11 is 0. The average Bonchev–Trinajstić information content (AvgIpc) is 3.18. The molecule has 178 valence electrons. The van der Waals surface area contributed by atoms with Crippen molar-refractivity contribution in [3.63, 3.8) is 0 Å². The minimum atomic E-state index is -0.255. The Morgan fingerprint density at radius 1 is 0.972 bits per heavy atom. The molecule has 1 amide bonds. The van der Waals surface area contributed by atoms with Crippen LogP contribution in [0.3, 0.4) is 0 Å². The Hall–Kier alpha value is -4.45. The quantitative estimate of drug-likeness (QED) is 0.313. The maximum absolute atomic E-state index is 13.9. The molecule has 0 aliphatic carbocycles. The van der Waals surface area contributed by atoms with Gasteiger partial charge in [-0.3, -0.25) is 9.78 Å². The molecule has 0 fully saturated rings. The van der Waals surface area contributed by atoms with Gasteiger partial charge in [0.05, 0.1) is 16.9 Å². The Balaban J connectivity index is 1.44. The van der Waals surface area contributed by atoms with Crippen LogP contribution in [0.5, 0.6) is 5.75 Å². The molecule has 1 N–H and O–H groups in total. The highest BCUT2D eigenvalue weighted by molar-refractivity contribution is 6.06. The van der Waals surface area contributed by atoms with Crippen molar-refractivity contribution in [2.75, 3.05) is 5.32 Å². The number of anilines is 1. The first kappa shape index (κ1) is 22.0. The van der Waals surface area contributed by atoms with Crippen LogP contribution in [-0.4, -0.2) is 15.5 Å². The van der Waals surface area contributed by atoms with Crippen molar-refractivity contribution < 1.29 is 13.9 Å². The fourth-order valence-electron chi connectivity index (χ4n) is 5.03. The molecule has 0 bridgehead atoms. The first-order valence-electron chi connectivity index (χ1n) is 11.9. The number of nitrogens with zero attached hydrogens (tertiary/aromatic N) is 2. The van der Waals surface area contributed by atoms with Crippen molar-refractivity contribution in [2.24, 2.45) is 0 Å².